The first-order chi connectivity index (χ1) is 22.6. The van der Waals surface area contributed by atoms with Gasteiger partial charge in [0.15, 0.2) is 11.9 Å². The lowest BCUT2D eigenvalue weighted by Crippen LogP contribution is -2.39. The van der Waals surface area contributed by atoms with Crippen LogP contribution in [-0.4, -0.2) is 136 Å². The SMILES string of the molecule is C[C@@H](O)[C@H](N)C(=O)O.N=C(N)NCCC[C@H](N)C(=O)O.N=C(N)NCCC[C@H](N)C(=O)OC(=O)CN.NCC(=O)O.O=C(O)[C@@H]1CCCN1. The minimum atomic E-state index is -1.18. The number of nitrogens with two attached hydrogens (primary N) is 7. The van der Waals surface area contributed by atoms with Gasteiger partial charge in [-0.1, -0.05) is 0 Å². The molecule has 1 rings (SSSR count). The summed E-state index contributed by atoms with van der Waals surface area (Å²) in [6.07, 6.45) is 2.64. The Bertz CT molecular complexity index is 1000. The van der Waals surface area contributed by atoms with E-state index >= 15 is 0 Å². The van der Waals surface area contributed by atoms with Crippen molar-refractivity contribution in [2.24, 2.45) is 40.1 Å². The third kappa shape index (κ3) is 37.6. The molecule has 24 N–H and O–H groups in total. The van der Waals surface area contributed by atoms with E-state index in [1.807, 2.05) is 0 Å². The number of guanidine groups is 2. The van der Waals surface area contributed by atoms with Crippen LogP contribution in [-0.2, 0) is 33.5 Å². The number of carboxylic acids is 4. The number of carbonyl (C=O) groups excluding carboxylic acids is 2. The van der Waals surface area contributed by atoms with E-state index in [1.54, 1.807) is 0 Å². The molecule has 24 heteroatoms. The van der Waals surface area contributed by atoms with E-state index in [1.165, 1.54) is 6.92 Å². The first kappa shape index (κ1) is 51.1. The molecule has 0 aromatic rings. The minimum absolute atomic E-state index is 0.112. The third-order valence-corrected chi connectivity index (χ3v) is 5.35. The van der Waals surface area contributed by atoms with E-state index in [0.717, 1.165) is 19.4 Å². The molecule has 286 valence electrons. The molecule has 0 unspecified atom stereocenters. The number of carboxylic acid groups (broad SMARTS) is 4. The molecule has 0 spiro atoms. The second-order valence-electron chi connectivity index (χ2n) is 9.70. The van der Waals surface area contributed by atoms with Gasteiger partial charge in [-0.2, -0.15) is 0 Å². The highest BCUT2D eigenvalue weighted by Crippen LogP contribution is 2.03. The molecule has 1 saturated heterocycles. The smallest absolute Gasteiger partial charge is 0.330 e. The van der Waals surface area contributed by atoms with Crippen molar-refractivity contribution in [2.75, 3.05) is 32.7 Å². The highest BCUT2D eigenvalue weighted by atomic mass is 16.6. The maximum atomic E-state index is 11.1. The Morgan fingerprint density at radius 3 is 1.53 bits per heavy atom. The van der Waals surface area contributed by atoms with Crippen molar-refractivity contribution in [3.05, 3.63) is 0 Å². The molecule has 0 aromatic heterocycles. The Kier molecular flexibility index (Phi) is 33.2. The number of esters is 2. The van der Waals surface area contributed by atoms with Crippen LogP contribution in [0.5, 0.6) is 0 Å². The number of nitrogens with one attached hydrogen (secondary N) is 5. The molecule has 1 fully saturated rings. The third-order valence-electron chi connectivity index (χ3n) is 5.35. The number of ether oxygens (including phenoxy) is 1. The van der Waals surface area contributed by atoms with Gasteiger partial charge in [-0.15, -0.1) is 0 Å². The summed E-state index contributed by atoms with van der Waals surface area (Å²) in [7, 11) is 0. The molecule has 1 heterocycles. The Hall–Kier alpha value is -4.72. The quantitative estimate of drug-likeness (QED) is 0.0246. The first-order valence-corrected chi connectivity index (χ1v) is 14.5. The van der Waals surface area contributed by atoms with Crippen LogP contribution in [0.15, 0.2) is 0 Å². The van der Waals surface area contributed by atoms with Gasteiger partial charge in [-0.05, 0) is 52.0 Å². The van der Waals surface area contributed by atoms with Gasteiger partial charge in [0.05, 0.1) is 19.2 Å². The van der Waals surface area contributed by atoms with Crippen molar-refractivity contribution >= 4 is 47.7 Å². The summed E-state index contributed by atoms with van der Waals surface area (Å²) in [4.78, 5) is 61.2. The maximum Gasteiger partial charge on any atom is 0.330 e. The van der Waals surface area contributed by atoms with Crippen LogP contribution in [0.1, 0.15) is 45.4 Å². The summed E-state index contributed by atoms with van der Waals surface area (Å²) in [6, 6.07) is -3.12. The fourth-order valence-electron chi connectivity index (χ4n) is 2.66. The summed E-state index contributed by atoms with van der Waals surface area (Å²) in [6.45, 7) is 2.47. The van der Waals surface area contributed by atoms with Crippen LogP contribution in [0.3, 0.4) is 0 Å². The fraction of sp³-hybridized carbons (Fsp3) is 0.680. The lowest BCUT2D eigenvalue weighted by molar-refractivity contribution is -0.160. The van der Waals surface area contributed by atoms with Gasteiger partial charge in [0.1, 0.15) is 24.2 Å². The van der Waals surface area contributed by atoms with Crippen molar-refractivity contribution in [2.45, 2.75) is 75.7 Å². The average molecular weight is 715 g/mol. The minimum Gasteiger partial charge on any atom is -0.480 e. The average Bonchev–Trinajstić information content (AvgIpc) is 3.57. The molecule has 1 aliphatic rings. The summed E-state index contributed by atoms with van der Waals surface area (Å²) in [5.74, 6) is -5.72. The number of rotatable bonds is 15. The zero-order valence-electron chi connectivity index (χ0n) is 27.3. The van der Waals surface area contributed by atoms with Crippen molar-refractivity contribution in [1.82, 2.24) is 16.0 Å². The molecule has 0 aromatic carbocycles. The van der Waals surface area contributed by atoms with Crippen LogP contribution >= 0.6 is 0 Å². The summed E-state index contributed by atoms with van der Waals surface area (Å²) >= 11 is 0. The Labute approximate surface area is 282 Å². The second kappa shape index (κ2) is 31.9. The van der Waals surface area contributed by atoms with Gasteiger partial charge < -0.3 is 86.4 Å². The topological polar surface area (TPSA) is 479 Å². The standard InChI is InChI=1S/C8H17N5O3.C6H14N4O2.C5H9NO2.C4H9NO3.C2H5NO2/c9-4-6(14)16-7(15)5(10)2-1-3-13-8(11)12;7-4(5(11)12)2-1-3-10-6(8)9;7-5(8)4-2-1-3-6-4;1-2(6)3(5)4(7)8;3-1-2(4)5/h5H,1-4,9-10H2,(H4,11,12,13);4H,1-3,7H2,(H,11,12)(H4,8,9,10);4,6H,1-3H2,(H,7,8);2-3,6H,5H2,1H3,(H,7,8);1,3H2,(H,4,5)/t5-;2*4-;2-,3+;/m0001./s1. The Balaban J connectivity index is -0.000000272. The molecule has 0 amide bonds. The van der Waals surface area contributed by atoms with E-state index in [9.17, 15) is 28.8 Å². The molecule has 1 aliphatic heterocycles. The van der Waals surface area contributed by atoms with Crippen molar-refractivity contribution in [3.63, 3.8) is 0 Å². The summed E-state index contributed by atoms with van der Waals surface area (Å²) < 4.78 is 4.32. The van der Waals surface area contributed by atoms with Crippen molar-refractivity contribution < 1.29 is 59.0 Å². The number of aliphatic carboxylic acids is 4. The zero-order valence-corrected chi connectivity index (χ0v) is 27.3. The molecular formula is C25H54N12O12. The van der Waals surface area contributed by atoms with E-state index in [0.29, 0.717) is 38.8 Å². The van der Waals surface area contributed by atoms with Gasteiger partial charge in [0, 0.05) is 13.1 Å². The lowest BCUT2D eigenvalue weighted by Gasteiger charge is -2.10. The van der Waals surface area contributed by atoms with Gasteiger partial charge >= 0.3 is 35.8 Å². The molecule has 24 nitrogen and oxygen atoms in total. The molecule has 0 bridgehead atoms. The molecule has 49 heavy (non-hydrogen) atoms. The van der Waals surface area contributed by atoms with Crippen LogP contribution in [0.2, 0.25) is 0 Å². The number of hydrogen-bond donors (Lipinski definition) is 17. The van der Waals surface area contributed by atoms with Crippen LogP contribution in [0.25, 0.3) is 0 Å². The number of aliphatic hydroxyl groups excluding tert-OH is 1. The normalized spacial score (nSPS) is 15.0. The maximum absolute atomic E-state index is 11.1. The summed E-state index contributed by atoms with van der Waals surface area (Å²) in [5, 5.41) is 62.5. The first-order valence-electron chi connectivity index (χ1n) is 14.5. The van der Waals surface area contributed by atoms with Gasteiger partial charge in [-0.25, -0.2) is 4.79 Å². The molecule has 0 saturated carbocycles. The van der Waals surface area contributed by atoms with Gasteiger partial charge in [0.2, 0.25) is 0 Å². The number of carbonyl (C=O) groups is 6. The summed E-state index contributed by atoms with van der Waals surface area (Å²) in [5.41, 5.74) is 35.2. The van der Waals surface area contributed by atoms with Gasteiger partial charge in [0.25, 0.3) is 0 Å². The van der Waals surface area contributed by atoms with Gasteiger partial charge in [-0.3, -0.25) is 34.8 Å². The molecule has 0 radical (unpaired) electrons. The second-order valence-corrected chi connectivity index (χ2v) is 9.70. The van der Waals surface area contributed by atoms with Crippen LogP contribution in [0.4, 0.5) is 0 Å². The monoisotopic (exact) mass is 714 g/mol. The highest BCUT2D eigenvalue weighted by molar-refractivity contribution is 5.89. The lowest BCUT2D eigenvalue weighted by atomic mass is 10.2. The number of hydrogen-bond acceptors (Lipinski definition) is 16. The fourth-order valence-corrected chi connectivity index (χ4v) is 2.66. The van der Waals surface area contributed by atoms with E-state index in [2.05, 4.69) is 26.4 Å². The predicted molar refractivity (Wildman–Crippen MR) is 175 cm³/mol. The Morgan fingerprint density at radius 2 is 1.29 bits per heavy atom. The molecule has 5 atom stereocenters. The highest BCUT2D eigenvalue weighted by Gasteiger charge is 2.20. The largest absolute Gasteiger partial charge is 0.480 e. The molecular weight excluding hydrogens is 660 g/mol. The van der Waals surface area contributed by atoms with Crippen LogP contribution < -0.4 is 56.1 Å². The van der Waals surface area contributed by atoms with Crippen molar-refractivity contribution in [3.8, 4) is 0 Å². The molecule has 0 aliphatic carbocycles. The van der Waals surface area contributed by atoms with E-state index in [4.69, 9.17) is 70.8 Å². The zero-order chi connectivity index (χ0) is 39.1. The van der Waals surface area contributed by atoms with Crippen LogP contribution in [0, 0.1) is 10.8 Å². The Morgan fingerprint density at radius 1 is 0.837 bits per heavy atom. The predicted octanol–water partition coefficient (Wildman–Crippen LogP) is -6.10. The number of aliphatic hydroxyl groups is 1. The van der Waals surface area contributed by atoms with Crippen molar-refractivity contribution in [1.29, 1.82) is 10.8 Å². The van der Waals surface area contributed by atoms with E-state index < -0.39 is 60.0 Å². The van der Waals surface area contributed by atoms with E-state index in [-0.39, 0.29) is 31.1 Å².